The first-order valence-corrected chi connectivity index (χ1v) is 8.22. The monoisotopic (exact) mass is 329 g/mol. The summed E-state index contributed by atoms with van der Waals surface area (Å²) in [6.45, 7) is -0.226. The molecule has 1 aromatic carbocycles. The summed E-state index contributed by atoms with van der Waals surface area (Å²) in [5, 5.41) is 1.49. The van der Waals surface area contributed by atoms with Gasteiger partial charge in [0.2, 0.25) is 0 Å². The summed E-state index contributed by atoms with van der Waals surface area (Å²) in [7, 11) is 0. The number of carbonyl (C=O) groups is 3. The summed E-state index contributed by atoms with van der Waals surface area (Å²) in [4.78, 5) is 38.6. The molecule has 0 spiro atoms. The van der Waals surface area contributed by atoms with E-state index in [2.05, 4.69) is 0 Å². The molecule has 1 aromatic heterocycles. The van der Waals surface area contributed by atoms with Crippen LogP contribution in [0.25, 0.3) is 6.08 Å². The molecule has 1 aliphatic heterocycles. The van der Waals surface area contributed by atoms with Gasteiger partial charge in [0.1, 0.15) is 0 Å². The summed E-state index contributed by atoms with van der Waals surface area (Å²) in [6.07, 6.45) is 1.68. The Morgan fingerprint density at radius 2 is 1.86 bits per heavy atom. The van der Waals surface area contributed by atoms with E-state index in [1.165, 1.54) is 11.3 Å². The lowest BCUT2D eigenvalue weighted by atomic mass is 10.1. The summed E-state index contributed by atoms with van der Waals surface area (Å²) >= 11 is 2.36. The van der Waals surface area contributed by atoms with Gasteiger partial charge < -0.3 is 0 Å². The van der Waals surface area contributed by atoms with E-state index in [0.29, 0.717) is 10.5 Å². The Morgan fingerprint density at radius 3 is 2.55 bits per heavy atom. The predicted molar refractivity (Wildman–Crippen MR) is 87.8 cm³/mol. The molecule has 6 heteroatoms. The topological polar surface area (TPSA) is 54.5 Å². The number of imide groups is 1. The molecular formula is C16H11NO3S2. The minimum absolute atomic E-state index is 0.226. The van der Waals surface area contributed by atoms with Crippen molar-refractivity contribution in [2.75, 3.05) is 6.54 Å². The molecule has 1 saturated heterocycles. The van der Waals surface area contributed by atoms with Crippen molar-refractivity contribution < 1.29 is 14.4 Å². The van der Waals surface area contributed by atoms with Crippen molar-refractivity contribution in [3.8, 4) is 0 Å². The van der Waals surface area contributed by atoms with E-state index >= 15 is 0 Å². The van der Waals surface area contributed by atoms with Gasteiger partial charge in [0.05, 0.1) is 11.4 Å². The highest BCUT2D eigenvalue weighted by atomic mass is 32.2. The molecule has 0 saturated carbocycles. The Hall–Kier alpha value is -2.18. The van der Waals surface area contributed by atoms with Crippen LogP contribution < -0.4 is 0 Å². The van der Waals surface area contributed by atoms with Crippen molar-refractivity contribution in [3.63, 3.8) is 0 Å². The average molecular weight is 329 g/mol. The molecular weight excluding hydrogens is 318 g/mol. The van der Waals surface area contributed by atoms with E-state index in [9.17, 15) is 14.4 Å². The Labute approximate surface area is 135 Å². The van der Waals surface area contributed by atoms with E-state index < -0.39 is 11.1 Å². The summed E-state index contributed by atoms with van der Waals surface area (Å²) < 4.78 is 0. The lowest BCUT2D eigenvalue weighted by Crippen LogP contribution is -2.33. The zero-order chi connectivity index (χ0) is 15.5. The van der Waals surface area contributed by atoms with Gasteiger partial charge in [0.15, 0.2) is 5.78 Å². The first-order valence-electron chi connectivity index (χ1n) is 6.52. The fraction of sp³-hybridized carbons (Fsp3) is 0.0625. The van der Waals surface area contributed by atoms with Crippen molar-refractivity contribution in [2.45, 2.75) is 0 Å². The molecule has 2 heterocycles. The maximum absolute atomic E-state index is 12.3. The van der Waals surface area contributed by atoms with Gasteiger partial charge in [-0.1, -0.05) is 36.4 Å². The standard InChI is InChI=1S/C16H11NO3S2/c18-13(11-5-2-1-3-6-11)10-17-15(19)14(22-16(17)20)9-12-7-4-8-21-12/h1-9H,10H2/b14-9+. The second-order valence-electron chi connectivity index (χ2n) is 4.57. The quantitative estimate of drug-likeness (QED) is 0.634. The molecule has 0 radical (unpaired) electrons. The number of amides is 2. The van der Waals surface area contributed by atoms with Gasteiger partial charge in [-0.25, -0.2) is 0 Å². The molecule has 0 bridgehead atoms. The largest absolute Gasteiger partial charge is 0.293 e. The fourth-order valence-electron chi connectivity index (χ4n) is 2.00. The Kier molecular flexibility index (Phi) is 4.22. The molecule has 3 rings (SSSR count). The SMILES string of the molecule is O=C(CN1C(=O)S/C(=C/c2cccs2)C1=O)c1ccccc1. The van der Waals surface area contributed by atoms with E-state index in [1.54, 1.807) is 36.4 Å². The van der Waals surface area contributed by atoms with Gasteiger partial charge in [-0.3, -0.25) is 19.3 Å². The predicted octanol–water partition coefficient (Wildman–Crippen LogP) is 3.67. The van der Waals surface area contributed by atoms with Crippen LogP contribution in [0.2, 0.25) is 0 Å². The van der Waals surface area contributed by atoms with Crippen LogP contribution in [0.1, 0.15) is 15.2 Å². The Bertz CT molecular complexity index is 751. The third-order valence-corrected chi connectivity index (χ3v) is 4.81. The molecule has 0 atom stereocenters. The highest BCUT2D eigenvalue weighted by Gasteiger charge is 2.36. The lowest BCUT2D eigenvalue weighted by Gasteiger charge is -2.11. The van der Waals surface area contributed by atoms with Crippen LogP contribution >= 0.6 is 23.1 Å². The van der Waals surface area contributed by atoms with E-state index in [4.69, 9.17) is 0 Å². The molecule has 4 nitrogen and oxygen atoms in total. The highest BCUT2D eigenvalue weighted by molar-refractivity contribution is 8.18. The van der Waals surface area contributed by atoms with Crippen LogP contribution in [0.3, 0.4) is 0 Å². The molecule has 2 aromatic rings. The van der Waals surface area contributed by atoms with Crippen LogP contribution in [0.4, 0.5) is 4.79 Å². The number of rotatable bonds is 4. The van der Waals surface area contributed by atoms with Gasteiger partial charge in [-0.15, -0.1) is 11.3 Å². The molecule has 110 valence electrons. The van der Waals surface area contributed by atoms with Gasteiger partial charge in [-0.2, -0.15) is 0 Å². The maximum Gasteiger partial charge on any atom is 0.293 e. The smallest absolute Gasteiger partial charge is 0.292 e. The number of hydrogen-bond acceptors (Lipinski definition) is 5. The summed E-state index contributed by atoms with van der Waals surface area (Å²) in [6, 6.07) is 12.4. The number of carbonyl (C=O) groups excluding carboxylic acids is 3. The van der Waals surface area contributed by atoms with Crippen molar-refractivity contribution in [2.24, 2.45) is 0 Å². The van der Waals surface area contributed by atoms with Crippen LogP contribution in [-0.2, 0) is 4.79 Å². The molecule has 1 fully saturated rings. The molecule has 22 heavy (non-hydrogen) atoms. The van der Waals surface area contributed by atoms with E-state index in [1.807, 2.05) is 17.5 Å². The second-order valence-corrected chi connectivity index (χ2v) is 6.54. The Balaban J connectivity index is 1.76. The van der Waals surface area contributed by atoms with Gasteiger partial charge in [-0.05, 0) is 29.3 Å². The minimum Gasteiger partial charge on any atom is -0.292 e. The van der Waals surface area contributed by atoms with Crippen LogP contribution in [0, 0.1) is 0 Å². The first kappa shape index (κ1) is 14.7. The third-order valence-electron chi connectivity index (χ3n) is 3.09. The number of hydrogen-bond donors (Lipinski definition) is 0. The Morgan fingerprint density at radius 1 is 1.09 bits per heavy atom. The van der Waals surface area contributed by atoms with Crippen LogP contribution in [0.15, 0.2) is 52.7 Å². The van der Waals surface area contributed by atoms with Crippen LogP contribution in [0.5, 0.6) is 0 Å². The number of thioether (sulfide) groups is 1. The molecule has 2 amide bonds. The van der Waals surface area contributed by atoms with Crippen molar-refractivity contribution >= 4 is 46.1 Å². The normalized spacial score (nSPS) is 16.5. The number of nitrogens with zero attached hydrogens (tertiary/aromatic N) is 1. The van der Waals surface area contributed by atoms with Gasteiger partial charge in [0.25, 0.3) is 11.1 Å². The van der Waals surface area contributed by atoms with Crippen molar-refractivity contribution in [1.82, 2.24) is 4.90 Å². The van der Waals surface area contributed by atoms with E-state index in [0.717, 1.165) is 21.5 Å². The number of benzene rings is 1. The maximum atomic E-state index is 12.3. The van der Waals surface area contributed by atoms with Crippen molar-refractivity contribution in [3.05, 3.63) is 63.2 Å². The molecule has 0 aliphatic carbocycles. The summed E-state index contributed by atoms with van der Waals surface area (Å²) in [5.74, 6) is -0.659. The molecule has 0 N–H and O–H groups in total. The fourth-order valence-corrected chi connectivity index (χ4v) is 3.56. The number of Topliss-reactive ketones (excluding diaryl/α,β-unsaturated/α-hetero) is 1. The zero-order valence-corrected chi connectivity index (χ0v) is 13.0. The molecule has 1 aliphatic rings. The zero-order valence-electron chi connectivity index (χ0n) is 11.4. The van der Waals surface area contributed by atoms with Crippen molar-refractivity contribution in [1.29, 1.82) is 0 Å². The lowest BCUT2D eigenvalue weighted by molar-refractivity contribution is -0.122. The minimum atomic E-state index is -0.410. The van der Waals surface area contributed by atoms with Gasteiger partial charge in [0, 0.05) is 10.4 Å². The molecule has 0 unspecified atom stereocenters. The van der Waals surface area contributed by atoms with E-state index in [-0.39, 0.29) is 12.3 Å². The van der Waals surface area contributed by atoms with Gasteiger partial charge >= 0.3 is 0 Å². The first-order chi connectivity index (χ1) is 10.6. The highest BCUT2D eigenvalue weighted by Crippen LogP contribution is 2.32. The average Bonchev–Trinajstić information content (AvgIpc) is 3.12. The van der Waals surface area contributed by atoms with Crippen LogP contribution in [-0.4, -0.2) is 28.4 Å². The second kappa shape index (κ2) is 6.29. The number of ketones is 1. The third kappa shape index (κ3) is 3.03. The number of thiophene rings is 1. The summed E-state index contributed by atoms with van der Waals surface area (Å²) in [5.41, 5.74) is 0.490.